The average molecular weight is 405 g/mol. The van der Waals surface area contributed by atoms with Crippen LogP contribution < -0.4 is 0 Å². The molecule has 0 atom stereocenters. The van der Waals surface area contributed by atoms with Gasteiger partial charge in [0.1, 0.15) is 0 Å². The Morgan fingerprint density at radius 2 is 0.818 bits per heavy atom. The Morgan fingerprint density at radius 3 is 1.00 bits per heavy atom. The molecule has 0 aliphatic heterocycles. The van der Waals surface area contributed by atoms with Crippen LogP contribution in [-0.2, 0) is 17.3 Å². The van der Waals surface area contributed by atoms with Gasteiger partial charge < -0.3 is 0 Å². The van der Waals surface area contributed by atoms with Gasteiger partial charge in [-0.2, -0.15) is 0 Å². The van der Waals surface area contributed by atoms with Gasteiger partial charge in [0.25, 0.3) is 0 Å². The summed E-state index contributed by atoms with van der Waals surface area (Å²) in [5.74, 6) is 1.31. The van der Waals surface area contributed by atoms with E-state index in [0.717, 1.165) is 0 Å². The van der Waals surface area contributed by atoms with Crippen molar-refractivity contribution in [1.29, 1.82) is 0 Å². The molecule has 0 nitrogen and oxygen atoms in total. The Hall–Kier alpha value is -0.647. The van der Waals surface area contributed by atoms with Gasteiger partial charge >= 0.3 is 27.0 Å². The molecule has 2 aromatic rings. The van der Waals surface area contributed by atoms with E-state index >= 15 is 0 Å². The number of hydrogen-bond acceptors (Lipinski definition) is 0. The normalized spacial score (nSPS) is 9.73. The molecule has 2 rings (SSSR count). The Morgan fingerprint density at radius 1 is 0.591 bits per heavy atom. The summed E-state index contributed by atoms with van der Waals surface area (Å²) in [7, 11) is 4.57. The summed E-state index contributed by atoms with van der Waals surface area (Å²) >= 11 is 1.82. The van der Waals surface area contributed by atoms with Gasteiger partial charge in [0, 0.05) is 0 Å². The predicted octanol–water partition coefficient (Wildman–Crippen LogP) is 6.92. The Kier molecular flexibility index (Phi) is 11.5. The van der Waals surface area contributed by atoms with E-state index in [0.29, 0.717) is 11.8 Å². The number of halogens is 1. The van der Waals surface area contributed by atoms with Crippen molar-refractivity contribution < 1.29 is 17.3 Å². The molecule has 0 aromatic heterocycles. The van der Waals surface area contributed by atoms with Gasteiger partial charge in [0.05, 0.1) is 0 Å². The van der Waals surface area contributed by atoms with Crippen molar-refractivity contribution in [3.8, 4) is 0 Å². The molecular formula is C20H28ClRu. The fourth-order valence-corrected chi connectivity index (χ4v) is 1.90. The van der Waals surface area contributed by atoms with Crippen molar-refractivity contribution in [2.24, 2.45) is 0 Å². The van der Waals surface area contributed by atoms with Gasteiger partial charge in [-0.05, 0) is 36.8 Å². The van der Waals surface area contributed by atoms with E-state index in [1.165, 1.54) is 22.3 Å². The van der Waals surface area contributed by atoms with Crippen LogP contribution in [0.3, 0.4) is 0 Å². The van der Waals surface area contributed by atoms with E-state index in [-0.39, 0.29) is 0 Å². The molecule has 0 bridgehead atoms. The third kappa shape index (κ3) is 8.71. The molecule has 2 heteroatoms. The fourth-order valence-electron chi connectivity index (χ4n) is 1.90. The van der Waals surface area contributed by atoms with E-state index in [2.05, 4.69) is 99.8 Å². The van der Waals surface area contributed by atoms with Crippen molar-refractivity contribution in [1.82, 2.24) is 0 Å². The van der Waals surface area contributed by atoms with Crippen LogP contribution in [-0.4, -0.2) is 0 Å². The molecule has 123 valence electrons. The second-order valence-electron chi connectivity index (χ2n) is 6.13. The van der Waals surface area contributed by atoms with Gasteiger partial charge in [0.2, 0.25) is 0 Å². The fraction of sp³-hybridized carbons (Fsp3) is 0.400. The van der Waals surface area contributed by atoms with Crippen LogP contribution in [0.15, 0.2) is 48.5 Å². The Balaban J connectivity index is 0.000000360. The third-order valence-corrected chi connectivity index (χ3v) is 3.49. The summed E-state index contributed by atoms with van der Waals surface area (Å²) in [6.07, 6.45) is 0. The molecule has 0 amide bonds. The van der Waals surface area contributed by atoms with Crippen molar-refractivity contribution in [2.45, 2.75) is 53.4 Å². The first-order chi connectivity index (χ1) is 10.4. The summed E-state index contributed by atoms with van der Waals surface area (Å²) in [6, 6.07) is 17.4. The minimum atomic E-state index is 0.653. The van der Waals surface area contributed by atoms with E-state index in [9.17, 15) is 0 Å². The molecule has 0 aliphatic carbocycles. The molecule has 0 unspecified atom stereocenters. The van der Waals surface area contributed by atoms with Crippen LogP contribution in [0, 0.1) is 13.8 Å². The first kappa shape index (κ1) is 21.4. The van der Waals surface area contributed by atoms with Crippen molar-refractivity contribution in [2.75, 3.05) is 0 Å². The zero-order valence-corrected chi connectivity index (χ0v) is 17.0. The molecule has 2 aromatic carbocycles. The van der Waals surface area contributed by atoms with Crippen molar-refractivity contribution >= 4 is 9.69 Å². The van der Waals surface area contributed by atoms with Gasteiger partial charge in [-0.3, -0.25) is 0 Å². The SMILES string of the molecule is Cc1ccc(C(C)C)cc1.Cc1ccc(C(C)C)cc1.[Cl][Ru]. The van der Waals surface area contributed by atoms with Crippen molar-refractivity contribution in [3.63, 3.8) is 0 Å². The quantitative estimate of drug-likeness (QED) is 0.476. The summed E-state index contributed by atoms with van der Waals surface area (Å²) in [4.78, 5) is 0. The van der Waals surface area contributed by atoms with Crippen molar-refractivity contribution in [3.05, 3.63) is 70.8 Å². The number of hydrogen-bond donors (Lipinski definition) is 0. The minimum absolute atomic E-state index is 0.653. The van der Waals surface area contributed by atoms with Crippen LogP contribution in [0.25, 0.3) is 0 Å². The van der Waals surface area contributed by atoms with E-state index in [1.807, 2.05) is 17.3 Å². The number of aryl methyl sites for hydroxylation is 2. The molecule has 0 saturated heterocycles. The van der Waals surface area contributed by atoms with Crippen LogP contribution in [0.5, 0.6) is 0 Å². The Bertz CT molecular complexity index is 449. The Labute approximate surface area is 151 Å². The maximum atomic E-state index is 4.57. The number of benzene rings is 2. The van der Waals surface area contributed by atoms with Crippen LogP contribution >= 0.6 is 9.69 Å². The van der Waals surface area contributed by atoms with E-state index < -0.39 is 0 Å². The summed E-state index contributed by atoms with van der Waals surface area (Å²) in [5.41, 5.74) is 5.52. The van der Waals surface area contributed by atoms with Gasteiger partial charge in [-0.25, -0.2) is 0 Å². The van der Waals surface area contributed by atoms with Crippen LogP contribution in [0.2, 0.25) is 0 Å². The maximum absolute atomic E-state index is 4.57. The molecule has 0 saturated carbocycles. The van der Waals surface area contributed by atoms with Crippen LogP contribution in [0.1, 0.15) is 61.8 Å². The van der Waals surface area contributed by atoms with Crippen LogP contribution in [0.4, 0.5) is 0 Å². The summed E-state index contributed by atoms with van der Waals surface area (Å²) in [5, 5.41) is 0. The molecule has 0 radical (unpaired) electrons. The number of rotatable bonds is 2. The summed E-state index contributed by atoms with van der Waals surface area (Å²) < 4.78 is 0. The van der Waals surface area contributed by atoms with Gasteiger partial charge in [-0.15, -0.1) is 0 Å². The standard InChI is InChI=1S/2C10H14.ClH.Ru/c2*1-8(2)10-6-4-9(3)5-7-10;;/h2*4-8H,1-3H3;1H;/q;;;+1/p-1. The molecule has 0 fully saturated rings. The monoisotopic (exact) mass is 405 g/mol. The predicted molar refractivity (Wildman–Crippen MR) is 96.4 cm³/mol. The zero-order chi connectivity index (χ0) is 17.1. The van der Waals surface area contributed by atoms with Gasteiger partial charge in [0.15, 0.2) is 0 Å². The molecule has 0 N–H and O–H groups in total. The third-order valence-electron chi connectivity index (χ3n) is 3.49. The van der Waals surface area contributed by atoms with E-state index in [4.69, 9.17) is 0 Å². The first-order valence-electron chi connectivity index (χ1n) is 7.66. The molecule has 0 spiro atoms. The molecule has 0 aliphatic rings. The molecule has 0 heterocycles. The second-order valence-corrected chi connectivity index (χ2v) is 6.13. The zero-order valence-electron chi connectivity index (χ0n) is 14.5. The molecular weight excluding hydrogens is 377 g/mol. The first-order valence-corrected chi connectivity index (χ1v) is 9.90. The molecule has 22 heavy (non-hydrogen) atoms. The topological polar surface area (TPSA) is 0 Å². The van der Waals surface area contributed by atoms with E-state index in [1.54, 1.807) is 0 Å². The summed E-state index contributed by atoms with van der Waals surface area (Å²) in [6.45, 7) is 13.1. The second kappa shape index (κ2) is 11.9. The van der Waals surface area contributed by atoms with Gasteiger partial charge in [-0.1, -0.05) is 87.4 Å². The average Bonchev–Trinajstić information content (AvgIpc) is 2.51.